The Hall–Kier alpha value is -0.660. The van der Waals surface area contributed by atoms with Gasteiger partial charge in [-0.3, -0.25) is 9.69 Å². The van der Waals surface area contributed by atoms with Gasteiger partial charge >= 0.3 is 0 Å². The Morgan fingerprint density at radius 2 is 1.76 bits per heavy atom. The maximum Gasteiger partial charge on any atom is 0.237 e. The summed E-state index contributed by atoms with van der Waals surface area (Å²) in [5.41, 5.74) is 0. The molecule has 1 aliphatic carbocycles. The largest absolute Gasteiger partial charge is 0.352 e. The van der Waals surface area contributed by atoms with E-state index in [1.54, 1.807) is 7.05 Å². The van der Waals surface area contributed by atoms with E-state index in [-0.39, 0.29) is 24.0 Å². The molecule has 0 aromatic heterocycles. The predicted octanol–water partition coefficient (Wildman–Crippen LogP) is 1.67. The van der Waals surface area contributed by atoms with Crippen molar-refractivity contribution in [2.24, 2.45) is 11.8 Å². The average Bonchev–Trinajstić information content (AvgIpc) is 2.57. The molecule has 4 atom stereocenters. The van der Waals surface area contributed by atoms with E-state index < -0.39 is 10.0 Å². The fraction of sp³-hybridized carbons (Fsp3) is 0.944. The van der Waals surface area contributed by atoms with Gasteiger partial charge in [0.25, 0.3) is 0 Å². The fourth-order valence-electron chi connectivity index (χ4n) is 4.16. The molecule has 1 saturated heterocycles. The molecule has 1 aliphatic heterocycles. The van der Waals surface area contributed by atoms with Gasteiger partial charge in [0.15, 0.2) is 0 Å². The molecular weight excluding hydrogens is 338 g/mol. The number of amides is 1. The molecule has 2 fully saturated rings. The number of nitrogens with one attached hydrogen (secondary N) is 1. The highest BCUT2D eigenvalue weighted by Gasteiger charge is 2.33. The first-order chi connectivity index (χ1) is 11.6. The summed E-state index contributed by atoms with van der Waals surface area (Å²) in [7, 11) is -1.50. The zero-order chi connectivity index (χ0) is 18.8. The van der Waals surface area contributed by atoms with E-state index in [9.17, 15) is 13.2 Å². The van der Waals surface area contributed by atoms with E-state index in [2.05, 4.69) is 24.1 Å². The van der Waals surface area contributed by atoms with E-state index in [0.29, 0.717) is 11.8 Å². The summed E-state index contributed by atoms with van der Waals surface area (Å²) in [5, 5.41) is 3.27. The number of rotatable bonds is 5. The van der Waals surface area contributed by atoms with Gasteiger partial charge in [-0.05, 0) is 38.0 Å². The minimum absolute atomic E-state index is 0.0423. The van der Waals surface area contributed by atoms with Crippen molar-refractivity contribution in [3.63, 3.8) is 0 Å². The molecule has 2 rings (SSSR count). The van der Waals surface area contributed by atoms with Crippen LogP contribution in [0.5, 0.6) is 0 Å². The Labute approximate surface area is 153 Å². The minimum Gasteiger partial charge on any atom is -0.352 e. The normalized spacial score (nSPS) is 31.0. The average molecular weight is 374 g/mol. The monoisotopic (exact) mass is 373 g/mol. The van der Waals surface area contributed by atoms with Crippen LogP contribution >= 0.6 is 0 Å². The third kappa shape index (κ3) is 5.17. The first-order valence-corrected chi connectivity index (χ1v) is 11.4. The SMILES string of the molecule is CC1CCCC(NC(=O)C(C)N2CCC(N(C)S(C)(=O)=O)CC2)C1C. The first-order valence-electron chi connectivity index (χ1n) is 9.58. The van der Waals surface area contributed by atoms with Crippen LogP contribution in [-0.4, -0.2) is 68.0 Å². The van der Waals surface area contributed by atoms with E-state index in [0.717, 1.165) is 32.4 Å². The number of hydrogen-bond acceptors (Lipinski definition) is 4. The molecule has 1 heterocycles. The summed E-state index contributed by atoms with van der Waals surface area (Å²) in [5.74, 6) is 1.30. The summed E-state index contributed by atoms with van der Waals surface area (Å²) < 4.78 is 24.8. The molecule has 2 aliphatic rings. The zero-order valence-electron chi connectivity index (χ0n) is 16.4. The van der Waals surface area contributed by atoms with Crippen LogP contribution in [0.1, 0.15) is 52.9 Å². The quantitative estimate of drug-likeness (QED) is 0.796. The number of hydrogen-bond donors (Lipinski definition) is 1. The minimum atomic E-state index is -3.15. The number of sulfonamides is 1. The van der Waals surface area contributed by atoms with Crippen LogP contribution < -0.4 is 5.32 Å². The van der Waals surface area contributed by atoms with Gasteiger partial charge in [0.2, 0.25) is 15.9 Å². The Morgan fingerprint density at radius 1 is 1.16 bits per heavy atom. The molecule has 7 heteroatoms. The van der Waals surface area contributed by atoms with E-state index in [1.165, 1.54) is 23.4 Å². The second kappa shape index (κ2) is 8.35. The Balaban J connectivity index is 1.85. The van der Waals surface area contributed by atoms with Crippen molar-refractivity contribution in [3.05, 3.63) is 0 Å². The third-order valence-corrected chi connectivity index (χ3v) is 7.84. The van der Waals surface area contributed by atoms with Crippen molar-refractivity contribution in [2.75, 3.05) is 26.4 Å². The van der Waals surface area contributed by atoms with Gasteiger partial charge in [-0.15, -0.1) is 0 Å². The summed E-state index contributed by atoms with van der Waals surface area (Å²) >= 11 is 0. The molecule has 4 unspecified atom stereocenters. The number of carbonyl (C=O) groups is 1. The lowest BCUT2D eigenvalue weighted by Crippen LogP contribution is -2.54. The molecule has 0 aromatic carbocycles. The molecule has 0 bridgehead atoms. The lowest BCUT2D eigenvalue weighted by atomic mass is 9.78. The van der Waals surface area contributed by atoms with Gasteiger partial charge in [-0.2, -0.15) is 0 Å². The van der Waals surface area contributed by atoms with Gasteiger partial charge in [0.05, 0.1) is 12.3 Å². The van der Waals surface area contributed by atoms with Crippen molar-refractivity contribution < 1.29 is 13.2 Å². The van der Waals surface area contributed by atoms with Crippen LogP contribution in [0.3, 0.4) is 0 Å². The Morgan fingerprint density at radius 3 is 2.32 bits per heavy atom. The molecule has 1 N–H and O–H groups in total. The number of nitrogens with zero attached hydrogens (tertiary/aromatic N) is 2. The topological polar surface area (TPSA) is 69.7 Å². The maximum atomic E-state index is 12.7. The summed E-state index contributed by atoms with van der Waals surface area (Å²) in [4.78, 5) is 14.9. The highest BCUT2D eigenvalue weighted by atomic mass is 32.2. The summed E-state index contributed by atoms with van der Waals surface area (Å²) in [6.45, 7) is 8.00. The molecule has 25 heavy (non-hydrogen) atoms. The highest BCUT2D eigenvalue weighted by molar-refractivity contribution is 7.88. The number of likely N-dealkylation sites (tertiary alicyclic amines) is 1. The van der Waals surface area contributed by atoms with Crippen molar-refractivity contribution in [1.82, 2.24) is 14.5 Å². The van der Waals surface area contributed by atoms with Gasteiger partial charge in [0, 0.05) is 32.2 Å². The smallest absolute Gasteiger partial charge is 0.237 e. The van der Waals surface area contributed by atoms with Crippen molar-refractivity contribution in [1.29, 1.82) is 0 Å². The highest BCUT2D eigenvalue weighted by Crippen LogP contribution is 2.29. The van der Waals surface area contributed by atoms with Gasteiger partial charge in [-0.1, -0.05) is 26.7 Å². The maximum absolute atomic E-state index is 12.7. The number of piperidine rings is 1. The molecule has 0 spiro atoms. The van der Waals surface area contributed by atoms with Crippen molar-refractivity contribution in [2.45, 2.75) is 71.0 Å². The van der Waals surface area contributed by atoms with Gasteiger partial charge in [0.1, 0.15) is 0 Å². The van der Waals surface area contributed by atoms with E-state index >= 15 is 0 Å². The molecule has 0 radical (unpaired) electrons. The molecule has 0 aromatic rings. The third-order valence-electron chi connectivity index (χ3n) is 6.50. The molecular formula is C18H35N3O3S. The van der Waals surface area contributed by atoms with Gasteiger partial charge in [-0.25, -0.2) is 12.7 Å². The predicted molar refractivity (Wildman–Crippen MR) is 101 cm³/mol. The summed E-state index contributed by atoms with van der Waals surface area (Å²) in [6, 6.07) is 0.169. The lowest BCUT2D eigenvalue weighted by molar-refractivity contribution is -0.127. The van der Waals surface area contributed by atoms with Crippen LogP contribution in [0.2, 0.25) is 0 Å². The lowest BCUT2D eigenvalue weighted by Gasteiger charge is -2.39. The van der Waals surface area contributed by atoms with Crippen molar-refractivity contribution >= 4 is 15.9 Å². The van der Waals surface area contributed by atoms with Crippen LogP contribution in [0.4, 0.5) is 0 Å². The molecule has 6 nitrogen and oxygen atoms in total. The van der Waals surface area contributed by atoms with Crippen LogP contribution in [-0.2, 0) is 14.8 Å². The zero-order valence-corrected chi connectivity index (χ0v) is 17.2. The standard InChI is InChI=1S/C18H35N3O3S/c1-13-7-6-8-17(14(13)2)19-18(22)15(3)21-11-9-16(10-12-21)20(4)25(5,23)24/h13-17H,6-12H2,1-5H3,(H,19,22). The molecule has 146 valence electrons. The fourth-order valence-corrected chi connectivity index (χ4v) is 4.91. The first kappa shape index (κ1) is 20.6. The molecule has 1 amide bonds. The second-order valence-corrected chi connectivity index (χ2v) is 10.1. The molecule has 1 saturated carbocycles. The van der Waals surface area contributed by atoms with E-state index in [1.807, 2.05) is 6.92 Å². The van der Waals surface area contributed by atoms with Crippen LogP contribution in [0.25, 0.3) is 0 Å². The van der Waals surface area contributed by atoms with E-state index in [4.69, 9.17) is 0 Å². The van der Waals surface area contributed by atoms with Crippen LogP contribution in [0.15, 0.2) is 0 Å². The van der Waals surface area contributed by atoms with Crippen LogP contribution in [0, 0.1) is 11.8 Å². The van der Waals surface area contributed by atoms with Crippen molar-refractivity contribution in [3.8, 4) is 0 Å². The summed E-state index contributed by atoms with van der Waals surface area (Å²) in [6.07, 6.45) is 6.32. The number of carbonyl (C=O) groups excluding carboxylic acids is 1. The Kier molecular flexibility index (Phi) is 6.90. The Bertz CT molecular complexity index is 558. The van der Waals surface area contributed by atoms with Gasteiger partial charge < -0.3 is 5.32 Å². The second-order valence-electron chi connectivity index (χ2n) is 8.10.